The second-order valence-electron chi connectivity index (χ2n) is 8.06. The Hall–Kier alpha value is -3.30. The number of morpholine rings is 1. The molecule has 0 bridgehead atoms. The largest absolute Gasteiger partial charge is 0.381 e. The molecule has 3 amide bonds. The zero-order valence-corrected chi connectivity index (χ0v) is 18.1. The first-order chi connectivity index (χ1) is 19.1. The molecule has 34 heavy (non-hydrogen) atoms. The number of anilines is 1. The maximum atomic E-state index is 15.2. The highest BCUT2D eigenvalue weighted by Gasteiger charge is 2.39. The normalized spacial score (nSPS) is 29.5. The summed E-state index contributed by atoms with van der Waals surface area (Å²) in [5, 5.41) is 4.24. The topological polar surface area (TPSA) is 91.0 Å². The van der Waals surface area contributed by atoms with Crippen LogP contribution < -0.4 is 10.6 Å². The zero-order valence-electron chi connectivity index (χ0n) is 25.1. The van der Waals surface area contributed by atoms with Crippen LogP contribution in [0.3, 0.4) is 0 Å². The Morgan fingerprint density at radius 1 is 1.24 bits per heavy atom. The Morgan fingerprint density at radius 2 is 2.06 bits per heavy atom. The number of nitrogens with zero attached hydrogens (tertiary/aromatic N) is 2. The van der Waals surface area contributed by atoms with Crippen molar-refractivity contribution in [1.82, 2.24) is 15.1 Å². The molecule has 3 aliphatic rings. The summed E-state index contributed by atoms with van der Waals surface area (Å²) < 4.78 is 78.6. The van der Waals surface area contributed by atoms with E-state index in [-0.39, 0.29) is 22.4 Å². The predicted molar refractivity (Wildman–Crippen MR) is 122 cm³/mol. The van der Waals surface area contributed by atoms with E-state index < -0.39 is 55.3 Å². The maximum Gasteiger partial charge on any atom is 0.255 e. The van der Waals surface area contributed by atoms with Crippen LogP contribution >= 0.6 is 0 Å². The van der Waals surface area contributed by atoms with Gasteiger partial charge in [0, 0.05) is 66.9 Å². The Morgan fingerprint density at radius 3 is 2.85 bits per heavy atom. The number of nitrogens with one attached hydrogen (secondary N) is 2. The number of carbonyl (C=O) groups is 3. The molecule has 2 fully saturated rings. The van der Waals surface area contributed by atoms with Gasteiger partial charge in [-0.25, -0.2) is 4.39 Å². The van der Waals surface area contributed by atoms with E-state index in [1.807, 2.05) is 0 Å². The number of imide groups is 1. The van der Waals surface area contributed by atoms with Crippen molar-refractivity contribution in [2.75, 3.05) is 31.6 Å². The van der Waals surface area contributed by atoms with Gasteiger partial charge in [0.15, 0.2) is 0 Å². The Balaban J connectivity index is 1.42. The number of fused-ring (bicyclic) bond motifs is 1. The van der Waals surface area contributed by atoms with Crippen LogP contribution in [0.15, 0.2) is 36.4 Å². The Bertz CT molecular complexity index is 1440. The SMILES string of the molecule is [2H]C([2H])(Nc1cccc2c1CN([C@]1([2H])C(=O)NC(=O)C([2H])([2H])C1([2H])[2H])C2=O)c1ccc(CN2CCOCC2)cc1F. The van der Waals surface area contributed by atoms with Crippen LogP contribution in [0.4, 0.5) is 10.1 Å². The van der Waals surface area contributed by atoms with Crippen LogP contribution in [0.5, 0.6) is 0 Å². The molecule has 2 saturated heterocycles. The first kappa shape index (κ1) is 15.6. The van der Waals surface area contributed by atoms with Crippen molar-refractivity contribution in [3.05, 3.63) is 64.5 Å². The standard InChI is InChI=1S/C25H27FN4O4/c26-20-12-16(14-29-8-10-34-11-9-29)4-5-17(20)13-27-21-3-1-2-18-19(21)15-30(25(18)33)22-6-7-23(31)28-24(22)32/h1-5,12,22,27H,6-11,13-15H2,(H,28,31,32)/t22-/m0/s1/i6D2,7D2,13D2,22D. The second-order valence-corrected chi connectivity index (χ2v) is 8.06. The van der Waals surface area contributed by atoms with E-state index in [2.05, 4.69) is 10.2 Å². The van der Waals surface area contributed by atoms with Gasteiger partial charge in [-0.2, -0.15) is 0 Å². The van der Waals surface area contributed by atoms with Crippen molar-refractivity contribution >= 4 is 23.4 Å². The van der Waals surface area contributed by atoms with Crippen LogP contribution in [0.1, 0.15) is 49.4 Å². The molecular weight excluding hydrogens is 439 g/mol. The van der Waals surface area contributed by atoms with Crippen molar-refractivity contribution in [2.45, 2.75) is 38.4 Å². The predicted octanol–water partition coefficient (Wildman–Crippen LogP) is 2.03. The van der Waals surface area contributed by atoms with E-state index >= 15 is 4.39 Å². The molecule has 0 unspecified atom stereocenters. The zero-order chi connectivity index (χ0) is 30.0. The molecular formula is C25H27FN4O4. The minimum Gasteiger partial charge on any atom is -0.381 e. The third-order valence-corrected chi connectivity index (χ3v) is 5.85. The quantitative estimate of drug-likeness (QED) is 0.624. The van der Waals surface area contributed by atoms with Crippen LogP contribution in [0.25, 0.3) is 0 Å². The number of halogens is 1. The highest BCUT2D eigenvalue weighted by atomic mass is 19.1. The summed E-state index contributed by atoms with van der Waals surface area (Å²) in [5.74, 6) is -4.84. The molecule has 0 saturated carbocycles. The number of carbonyl (C=O) groups excluding carboxylic acids is 3. The summed E-state index contributed by atoms with van der Waals surface area (Å²) in [5.41, 5.74) is 0.399. The first-order valence-electron chi connectivity index (χ1n) is 14.3. The van der Waals surface area contributed by atoms with Crippen molar-refractivity contribution in [3.63, 3.8) is 0 Å². The molecule has 2 aromatic rings. The van der Waals surface area contributed by atoms with E-state index in [0.29, 0.717) is 43.3 Å². The number of hydrogen-bond donors (Lipinski definition) is 2. The van der Waals surface area contributed by atoms with Gasteiger partial charge in [0.2, 0.25) is 11.8 Å². The lowest BCUT2D eigenvalue weighted by Gasteiger charge is -2.29. The summed E-state index contributed by atoms with van der Waals surface area (Å²) >= 11 is 0. The van der Waals surface area contributed by atoms with Gasteiger partial charge in [-0.15, -0.1) is 0 Å². The van der Waals surface area contributed by atoms with E-state index in [1.54, 1.807) is 11.4 Å². The Labute approximate surface area is 206 Å². The third kappa shape index (κ3) is 4.53. The molecule has 0 spiro atoms. The highest BCUT2D eigenvalue weighted by Crippen LogP contribution is 2.32. The van der Waals surface area contributed by atoms with Gasteiger partial charge < -0.3 is 15.0 Å². The van der Waals surface area contributed by atoms with E-state index in [4.69, 9.17) is 14.3 Å². The minimum atomic E-state index is -3.44. The molecule has 178 valence electrons. The highest BCUT2D eigenvalue weighted by molar-refractivity contribution is 6.06. The minimum absolute atomic E-state index is 0.0274. The van der Waals surface area contributed by atoms with Gasteiger partial charge in [0.25, 0.3) is 5.91 Å². The van der Waals surface area contributed by atoms with E-state index in [0.717, 1.165) is 0 Å². The van der Waals surface area contributed by atoms with Crippen molar-refractivity contribution in [2.24, 2.45) is 0 Å². The van der Waals surface area contributed by atoms with E-state index in [9.17, 15) is 14.4 Å². The second kappa shape index (κ2) is 9.52. The fraction of sp³-hybridized carbons (Fsp3) is 0.400. The average molecular weight is 474 g/mol. The van der Waals surface area contributed by atoms with Gasteiger partial charge in [-0.05, 0) is 30.1 Å². The van der Waals surface area contributed by atoms with Gasteiger partial charge in [-0.1, -0.05) is 18.2 Å². The summed E-state index contributed by atoms with van der Waals surface area (Å²) in [7, 11) is 0. The van der Waals surface area contributed by atoms with Gasteiger partial charge in [-0.3, -0.25) is 24.6 Å². The van der Waals surface area contributed by atoms with E-state index in [1.165, 1.54) is 30.3 Å². The summed E-state index contributed by atoms with van der Waals surface area (Å²) in [6.45, 7) is -0.0246. The first-order valence-corrected chi connectivity index (χ1v) is 10.8. The van der Waals surface area contributed by atoms with Gasteiger partial charge in [0.05, 0.1) is 17.3 Å². The molecule has 2 N–H and O–H groups in total. The number of benzene rings is 2. The molecule has 5 rings (SSSR count). The molecule has 8 nitrogen and oxygen atoms in total. The van der Waals surface area contributed by atoms with Crippen LogP contribution in [0, 0.1) is 5.82 Å². The molecule has 0 aliphatic carbocycles. The molecule has 0 radical (unpaired) electrons. The molecule has 3 heterocycles. The monoisotopic (exact) mass is 473 g/mol. The summed E-state index contributed by atoms with van der Waals surface area (Å²) in [4.78, 5) is 40.7. The maximum absolute atomic E-state index is 15.2. The summed E-state index contributed by atoms with van der Waals surface area (Å²) in [6.07, 6.45) is -6.76. The Kier molecular flexibility index (Phi) is 4.36. The number of hydrogen-bond acceptors (Lipinski definition) is 6. The molecule has 9 heteroatoms. The lowest BCUT2D eigenvalue weighted by atomic mass is 10.0. The smallest absolute Gasteiger partial charge is 0.255 e. The number of ether oxygens (including phenoxy) is 1. The van der Waals surface area contributed by atoms with Crippen molar-refractivity contribution in [3.8, 4) is 0 Å². The van der Waals surface area contributed by atoms with Gasteiger partial charge >= 0.3 is 0 Å². The molecule has 0 aromatic heterocycles. The lowest BCUT2D eigenvalue weighted by Crippen LogP contribution is -2.52. The number of amides is 3. The van der Waals surface area contributed by atoms with Crippen LogP contribution in [0.2, 0.25) is 0 Å². The fourth-order valence-corrected chi connectivity index (χ4v) is 4.10. The van der Waals surface area contributed by atoms with Crippen LogP contribution in [-0.4, -0.2) is 59.8 Å². The third-order valence-electron chi connectivity index (χ3n) is 5.85. The molecule has 3 aliphatic heterocycles. The average Bonchev–Trinajstić information content (AvgIpc) is 3.25. The van der Waals surface area contributed by atoms with Crippen molar-refractivity contribution in [1.29, 1.82) is 0 Å². The van der Waals surface area contributed by atoms with Gasteiger partial charge in [0.1, 0.15) is 11.8 Å². The molecule has 2 aromatic carbocycles. The molecule has 1 atom stereocenters. The fourth-order valence-electron chi connectivity index (χ4n) is 4.10. The number of rotatable bonds is 6. The summed E-state index contributed by atoms with van der Waals surface area (Å²) in [6, 6.07) is 5.18. The van der Waals surface area contributed by atoms with Crippen LogP contribution in [-0.2, 0) is 33.9 Å². The number of piperidine rings is 1. The van der Waals surface area contributed by atoms with Crippen molar-refractivity contribution < 1.29 is 33.1 Å². The lowest BCUT2D eigenvalue weighted by molar-refractivity contribution is -0.136.